The highest BCUT2D eigenvalue weighted by atomic mass is 35.5. The third kappa shape index (κ3) is 1.73. The normalized spacial score (nSPS) is 11.1. The predicted molar refractivity (Wildman–Crippen MR) is 70.3 cm³/mol. The van der Waals surface area contributed by atoms with Crippen molar-refractivity contribution in [2.24, 2.45) is 0 Å². The molecule has 3 aromatic heterocycles. The van der Waals surface area contributed by atoms with Gasteiger partial charge in [-0.25, -0.2) is 4.98 Å². The van der Waals surface area contributed by atoms with Gasteiger partial charge in [0.2, 0.25) is 0 Å². The Morgan fingerprint density at radius 2 is 2.25 bits per heavy atom. The van der Waals surface area contributed by atoms with Gasteiger partial charge in [-0.2, -0.15) is 0 Å². The number of thiophene rings is 1. The molecule has 0 aromatic carbocycles. The van der Waals surface area contributed by atoms with Crippen molar-refractivity contribution in [3.63, 3.8) is 0 Å². The second kappa shape index (κ2) is 4.13. The molecule has 0 radical (unpaired) electrons. The van der Waals surface area contributed by atoms with Crippen molar-refractivity contribution >= 4 is 44.5 Å². The summed E-state index contributed by atoms with van der Waals surface area (Å²) in [6, 6.07) is 4.15. The molecule has 0 atom stereocenters. The van der Waals surface area contributed by atoms with Gasteiger partial charge in [0, 0.05) is 17.1 Å². The summed E-state index contributed by atoms with van der Waals surface area (Å²) in [4.78, 5) is 8.84. The van der Waals surface area contributed by atoms with Gasteiger partial charge in [0.25, 0.3) is 0 Å². The van der Waals surface area contributed by atoms with Crippen molar-refractivity contribution in [3.05, 3.63) is 34.8 Å². The van der Waals surface area contributed by atoms with E-state index in [0.29, 0.717) is 5.88 Å². The van der Waals surface area contributed by atoms with Crippen LogP contribution in [0.3, 0.4) is 0 Å². The fourth-order valence-corrected chi connectivity index (χ4v) is 3.27. The number of thiazole rings is 1. The van der Waals surface area contributed by atoms with Crippen molar-refractivity contribution in [2.75, 3.05) is 0 Å². The Morgan fingerprint density at radius 3 is 3.06 bits per heavy atom. The Morgan fingerprint density at radius 1 is 1.31 bits per heavy atom. The molecule has 0 saturated heterocycles. The lowest BCUT2D eigenvalue weighted by atomic mass is 10.3. The molecule has 0 spiro atoms. The van der Waals surface area contributed by atoms with Gasteiger partial charge < -0.3 is 0 Å². The molecule has 0 saturated carbocycles. The molecule has 0 N–H and O–H groups in total. The van der Waals surface area contributed by atoms with Gasteiger partial charge in [0.1, 0.15) is 5.01 Å². The van der Waals surface area contributed by atoms with E-state index in [-0.39, 0.29) is 0 Å². The van der Waals surface area contributed by atoms with Gasteiger partial charge >= 0.3 is 0 Å². The molecule has 16 heavy (non-hydrogen) atoms. The smallest absolute Gasteiger partial charge is 0.125 e. The zero-order valence-corrected chi connectivity index (χ0v) is 10.6. The molecule has 0 aliphatic carbocycles. The van der Waals surface area contributed by atoms with E-state index in [4.69, 9.17) is 11.6 Å². The minimum Gasteiger partial charge on any atom is -0.255 e. The van der Waals surface area contributed by atoms with Crippen LogP contribution in [0.25, 0.3) is 20.8 Å². The quantitative estimate of drug-likeness (QED) is 0.651. The molecule has 3 heterocycles. The number of fused-ring (bicyclic) bond motifs is 1. The molecule has 0 fully saturated rings. The van der Waals surface area contributed by atoms with Crippen LogP contribution in [0.2, 0.25) is 0 Å². The van der Waals surface area contributed by atoms with Crippen LogP contribution < -0.4 is 0 Å². The molecule has 80 valence electrons. The van der Waals surface area contributed by atoms with E-state index in [9.17, 15) is 0 Å². The average molecular weight is 267 g/mol. The number of halogens is 1. The lowest BCUT2D eigenvalue weighted by Crippen LogP contribution is -1.81. The summed E-state index contributed by atoms with van der Waals surface area (Å²) in [6.45, 7) is 0. The summed E-state index contributed by atoms with van der Waals surface area (Å²) >= 11 is 9.04. The molecule has 3 aromatic rings. The predicted octanol–water partition coefficient (Wildman–Crippen LogP) is 4.16. The summed E-state index contributed by atoms with van der Waals surface area (Å²) in [7, 11) is 0. The molecule has 2 nitrogen and oxygen atoms in total. The average Bonchev–Trinajstić information content (AvgIpc) is 2.96. The first-order valence-corrected chi connectivity index (χ1v) is 7.00. The molecule has 0 aliphatic heterocycles. The Bertz CT molecular complexity index is 629. The zero-order valence-electron chi connectivity index (χ0n) is 8.18. The SMILES string of the molecule is ClCc1csc(-c2cnc3ccsc3c2)n1. The lowest BCUT2D eigenvalue weighted by molar-refractivity contribution is 1.23. The van der Waals surface area contributed by atoms with E-state index in [1.165, 1.54) is 4.70 Å². The monoisotopic (exact) mass is 266 g/mol. The highest BCUT2D eigenvalue weighted by molar-refractivity contribution is 7.17. The summed E-state index contributed by atoms with van der Waals surface area (Å²) in [5.74, 6) is 0.463. The van der Waals surface area contributed by atoms with E-state index >= 15 is 0 Å². The number of pyridine rings is 1. The molecule has 0 unspecified atom stereocenters. The maximum Gasteiger partial charge on any atom is 0.125 e. The van der Waals surface area contributed by atoms with Crippen molar-refractivity contribution in [1.82, 2.24) is 9.97 Å². The van der Waals surface area contributed by atoms with Crippen LogP contribution in [0.5, 0.6) is 0 Å². The van der Waals surface area contributed by atoms with Gasteiger partial charge in [-0.1, -0.05) is 0 Å². The highest BCUT2D eigenvalue weighted by Crippen LogP contribution is 2.28. The van der Waals surface area contributed by atoms with Crippen LogP contribution in [0.15, 0.2) is 29.1 Å². The van der Waals surface area contributed by atoms with Crippen molar-refractivity contribution < 1.29 is 0 Å². The van der Waals surface area contributed by atoms with E-state index in [0.717, 1.165) is 21.8 Å². The molecule has 0 aliphatic rings. The lowest BCUT2D eigenvalue weighted by Gasteiger charge is -1.95. The van der Waals surface area contributed by atoms with Crippen molar-refractivity contribution in [2.45, 2.75) is 5.88 Å². The Hall–Kier alpha value is -0.970. The highest BCUT2D eigenvalue weighted by Gasteiger charge is 2.06. The Kier molecular flexibility index (Phi) is 2.63. The fraction of sp³-hybridized carbons (Fsp3) is 0.0909. The zero-order chi connectivity index (χ0) is 11.0. The summed E-state index contributed by atoms with van der Waals surface area (Å²) in [5, 5.41) is 5.02. The fourth-order valence-electron chi connectivity index (χ4n) is 1.46. The minimum atomic E-state index is 0.463. The third-order valence-corrected chi connectivity index (χ3v) is 4.31. The van der Waals surface area contributed by atoms with E-state index < -0.39 is 0 Å². The maximum absolute atomic E-state index is 5.74. The van der Waals surface area contributed by atoms with Crippen LogP contribution in [0, 0.1) is 0 Å². The summed E-state index contributed by atoms with van der Waals surface area (Å²) < 4.78 is 1.19. The van der Waals surface area contributed by atoms with Crippen molar-refractivity contribution in [1.29, 1.82) is 0 Å². The Balaban J connectivity index is 2.10. The van der Waals surface area contributed by atoms with Crippen LogP contribution in [0.4, 0.5) is 0 Å². The topological polar surface area (TPSA) is 25.8 Å². The first-order valence-electron chi connectivity index (χ1n) is 4.71. The number of nitrogens with zero attached hydrogens (tertiary/aromatic N) is 2. The molecular formula is C11H7ClN2S2. The number of alkyl halides is 1. The first-order chi connectivity index (χ1) is 7.86. The van der Waals surface area contributed by atoms with Crippen LogP contribution in [-0.2, 0) is 5.88 Å². The van der Waals surface area contributed by atoms with Gasteiger partial charge in [-0.05, 0) is 17.5 Å². The summed E-state index contributed by atoms with van der Waals surface area (Å²) in [6.07, 6.45) is 1.87. The molecule has 5 heteroatoms. The van der Waals surface area contributed by atoms with E-state index in [2.05, 4.69) is 16.0 Å². The standard InChI is InChI=1S/C11H7ClN2S2/c12-4-8-6-16-11(14-8)7-3-10-9(13-5-7)1-2-15-10/h1-3,5-6H,4H2. The number of hydrogen-bond acceptors (Lipinski definition) is 4. The van der Waals surface area contributed by atoms with E-state index in [1.807, 2.05) is 23.0 Å². The first kappa shape index (κ1) is 10.2. The number of hydrogen-bond donors (Lipinski definition) is 0. The minimum absolute atomic E-state index is 0.463. The van der Waals surface area contributed by atoms with Crippen LogP contribution in [-0.4, -0.2) is 9.97 Å². The maximum atomic E-state index is 5.74. The second-order valence-corrected chi connectivity index (χ2v) is 5.38. The van der Waals surface area contributed by atoms with Crippen LogP contribution >= 0.6 is 34.3 Å². The van der Waals surface area contributed by atoms with Gasteiger partial charge in [0.15, 0.2) is 0 Å². The van der Waals surface area contributed by atoms with Gasteiger partial charge in [-0.15, -0.1) is 34.3 Å². The molecule has 0 bridgehead atoms. The van der Waals surface area contributed by atoms with Gasteiger partial charge in [-0.3, -0.25) is 4.98 Å². The Labute approximate surface area is 106 Å². The van der Waals surface area contributed by atoms with Gasteiger partial charge in [0.05, 0.1) is 21.8 Å². The van der Waals surface area contributed by atoms with E-state index in [1.54, 1.807) is 22.7 Å². The third-order valence-electron chi connectivity index (χ3n) is 2.24. The second-order valence-electron chi connectivity index (χ2n) is 3.31. The summed E-state index contributed by atoms with van der Waals surface area (Å²) in [5.41, 5.74) is 3.03. The number of aromatic nitrogens is 2. The number of rotatable bonds is 2. The molecular weight excluding hydrogens is 260 g/mol. The largest absolute Gasteiger partial charge is 0.255 e. The van der Waals surface area contributed by atoms with Crippen LogP contribution in [0.1, 0.15) is 5.69 Å². The molecule has 3 rings (SSSR count). The van der Waals surface area contributed by atoms with Crippen molar-refractivity contribution in [3.8, 4) is 10.6 Å². The molecule has 0 amide bonds.